The summed E-state index contributed by atoms with van der Waals surface area (Å²) in [6.45, 7) is 7.56. The highest BCUT2D eigenvalue weighted by atomic mass is 16.1. The Balaban J connectivity index is 2.86. The first-order valence-corrected chi connectivity index (χ1v) is 4.76. The van der Waals surface area contributed by atoms with E-state index in [1.165, 1.54) is 0 Å². The molecule has 0 aliphatic heterocycles. The van der Waals surface area contributed by atoms with Crippen LogP contribution in [0.4, 0.5) is 5.82 Å². The standard InChI is InChI=1S/C11H16N2O/c1-7(2)11(14)13-10-8(3)5-6-9(4)12-10/h5-7H,1-4H3,(H,12,13,14). The van der Waals surface area contributed by atoms with Crippen LogP contribution in [0.15, 0.2) is 12.1 Å². The van der Waals surface area contributed by atoms with Crippen LogP contribution in [0.1, 0.15) is 25.1 Å². The molecule has 76 valence electrons. The van der Waals surface area contributed by atoms with Crippen LogP contribution in [-0.4, -0.2) is 10.9 Å². The Morgan fingerprint density at radius 3 is 2.57 bits per heavy atom. The lowest BCUT2D eigenvalue weighted by Crippen LogP contribution is -2.19. The fraction of sp³-hybridized carbons (Fsp3) is 0.455. The molecule has 14 heavy (non-hydrogen) atoms. The number of nitrogens with zero attached hydrogens (tertiary/aromatic N) is 1. The van der Waals surface area contributed by atoms with Crippen molar-refractivity contribution >= 4 is 11.7 Å². The predicted molar refractivity (Wildman–Crippen MR) is 57.2 cm³/mol. The van der Waals surface area contributed by atoms with Crippen LogP contribution in [0, 0.1) is 19.8 Å². The summed E-state index contributed by atoms with van der Waals surface area (Å²) in [6, 6.07) is 3.89. The number of anilines is 1. The molecule has 0 saturated heterocycles. The third-order valence-electron chi connectivity index (χ3n) is 2.00. The molecule has 1 aromatic heterocycles. The Morgan fingerprint density at radius 2 is 2.00 bits per heavy atom. The lowest BCUT2D eigenvalue weighted by molar-refractivity contribution is -0.118. The normalized spacial score (nSPS) is 10.4. The molecule has 0 radical (unpaired) electrons. The van der Waals surface area contributed by atoms with Gasteiger partial charge in [-0.25, -0.2) is 4.98 Å². The van der Waals surface area contributed by atoms with Crippen molar-refractivity contribution in [3.63, 3.8) is 0 Å². The molecule has 0 aliphatic rings. The molecular formula is C11H16N2O. The summed E-state index contributed by atoms with van der Waals surface area (Å²) in [6.07, 6.45) is 0. The van der Waals surface area contributed by atoms with Gasteiger partial charge >= 0.3 is 0 Å². The van der Waals surface area contributed by atoms with Gasteiger partial charge in [0.05, 0.1) is 0 Å². The van der Waals surface area contributed by atoms with E-state index in [-0.39, 0.29) is 11.8 Å². The van der Waals surface area contributed by atoms with E-state index >= 15 is 0 Å². The van der Waals surface area contributed by atoms with Gasteiger partial charge in [-0.15, -0.1) is 0 Å². The smallest absolute Gasteiger partial charge is 0.228 e. The maximum atomic E-state index is 11.4. The lowest BCUT2D eigenvalue weighted by atomic mass is 10.2. The largest absolute Gasteiger partial charge is 0.310 e. The molecule has 0 aromatic carbocycles. The van der Waals surface area contributed by atoms with Crippen molar-refractivity contribution < 1.29 is 4.79 Å². The van der Waals surface area contributed by atoms with Gasteiger partial charge in [-0.1, -0.05) is 19.9 Å². The summed E-state index contributed by atoms with van der Waals surface area (Å²) >= 11 is 0. The molecule has 0 atom stereocenters. The average molecular weight is 192 g/mol. The highest BCUT2D eigenvalue weighted by Gasteiger charge is 2.09. The van der Waals surface area contributed by atoms with Crippen molar-refractivity contribution in [1.29, 1.82) is 0 Å². The molecule has 1 N–H and O–H groups in total. The van der Waals surface area contributed by atoms with Crippen LogP contribution in [0.25, 0.3) is 0 Å². The topological polar surface area (TPSA) is 42.0 Å². The van der Waals surface area contributed by atoms with E-state index in [9.17, 15) is 4.79 Å². The molecule has 1 amide bonds. The number of rotatable bonds is 2. The molecule has 0 saturated carbocycles. The second-order valence-electron chi connectivity index (χ2n) is 3.76. The number of nitrogens with one attached hydrogen (secondary N) is 1. The zero-order valence-electron chi connectivity index (χ0n) is 9.09. The van der Waals surface area contributed by atoms with Crippen molar-refractivity contribution in [2.24, 2.45) is 5.92 Å². The highest BCUT2D eigenvalue weighted by molar-refractivity contribution is 5.91. The minimum Gasteiger partial charge on any atom is -0.310 e. The minimum atomic E-state index is -0.0169. The summed E-state index contributed by atoms with van der Waals surface area (Å²) in [5.74, 6) is 0.659. The fourth-order valence-electron chi connectivity index (χ4n) is 1.01. The minimum absolute atomic E-state index is 0.00574. The Bertz CT molecular complexity index is 345. The first kappa shape index (κ1) is 10.7. The zero-order chi connectivity index (χ0) is 10.7. The summed E-state index contributed by atoms with van der Waals surface area (Å²) in [4.78, 5) is 15.7. The van der Waals surface area contributed by atoms with Crippen LogP contribution < -0.4 is 5.32 Å². The maximum Gasteiger partial charge on any atom is 0.228 e. The van der Waals surface area contributed by atoms with E-state index < -0.39 is 0 Å². The first-order chi connectivity index (χ1) is 6.50. The third kappa shape index (κ3) is 2.55. The summed E-state index contributed by atoms with van der Waals surface area (Å²) in [7, 11) is 0. The van der Waals surface area contributed by atoms with Gasteiger partial charge in [-0.05, 0) is 25.5 Å². The molecule has 0 aliphatic carbocycles. The molecule has 3 heteroatoms. The van der Waals surface area contributed by atoms with Gasteiger partial charge in [0.25, 0.3) is 0 Å². The van der Waals surface area contributed by atoms with E-state index in [2.05, 4.69) is 10.3 Å². The van der Waals surface area contributed by atoms with E-state index in [1.54, 1.807) is 0 Å². The van der Waals surface area contributed by atoms with Crippen LogP contribution in [-0.2, 0) is 4.79 Å². The third-order valence-corrected chi connectivity index (χ3v) is 2.00. The molecular weight excluding hydrogens is 176 g/mol. The number of amides is 1. The molecule has 1 rings (SSSR count). The number of aryl methyl sites for hydroxylation is 2. The number of pyridine rings is 1. The number of carbonyl (C=O) groups excluding carboxylic acids is 1. The van der Waals surface area contributed by atoms with E-state index in [0.717, 1.165) is 11.3 Å². The molecule has 3 nitrogen and oxygen atoms in total. The predicted octanol–water partition coefficient (Wildman–Crippen LogP) is 2.29. The van der Waals surface area contributed by atoms with Crippen molar-refractivity contribution in [3.8, 4) is 0 Å². The Hall–Kier alpha value is -1.38. The number of hydrogen-bond acceptors (Lipinski definition) is 2. The van der Waals surface area contributed by atoms with Gasteiger partial charge in [0, 0.05) is 11.6 Å². The van der Waals surface area contributed by atoms with Crippen LogP contribution >= 0.6 is 0 Å². The maximum absolute atomic E-state index is 11.4. The summed E-state index contributed by atoms with van der Waals surface area (Å²) < 4.78 is 0. The Kier molecular flexibility index (Phi) is 3.23. The Morgan fingerprint density at radius 1 is 1.36 bits per heavy atom. The second kappa shape index (κ2) is 4.22. The van der Waals surface area contributed by atoms with Crippen LogP contribution in [0.3, 0.4) is 0 Å². The average Bonchev–Trinajstić information content (AvgIpc) is 2.11. The van der Waals surface area contributed by atoms with Crippen molar-refractivity contribution in [3.05, 3.63) is 23.4 Å². The van der Waals surface area contributed by atoms with Gasteiger partial charge in [0.1, 0.15) is 5.82 Å². The summed E-state index contributed by atoms with van der Waals surface area (Å²) in [5.41, 5.74) is 1.90. The zero-order valence-corrected chi connectivity index (χ0v) is 9.09. The number of aromatic nitrogens is 1. The SMILES string of the molecule is Cc1ccc(C)c(NC(=O)C(C)C)n1. The summed E-state index contributed by atoms with van der Waals surface area (Å²) in [5, 5.41) is 2.80. The lowest BCUT2D eigenvalue weighted by Gasteiger charge is -2.09. The molecule has 1 heterocycles. The van der Waals surface area contributed by atoms with Gasteiger partial charge in [0.2, 0.25) is 5.91 Å². The molecule has 0 spiro atoms. The second-order valence-corrected chi connectivity index (χ2v) is 3.76. The van der Waals surface area contributed by atoms with Crippen LogP contribution in [0.5, 0.6) is 0 Å². The molecule has 0 unspecified atom stereocenters. The van der Waals surface area contributed by atoms with E-state index in [0.29, 0.717) is 5.82 Å². The Labute approximate surface area is 84.6 Å². The van der Waals surface area contributed by atoms with Gasteiger partial charge in [-0.2, -0.15) is 0 Å². The molecule has 0 fully saturated rings. The molecule has 0 bridgehead atoms. The monoisotopic (exact) mass is 192 g/mol. The number of carbonyl (C=O) groups is 1. The van der Waals surface area contributed by atoms with Crippen molar-refractivity contribution in [2.75, 3.05) is 5.32 Å². The fourth-order valence-corrected chi connectivity index (χ4v) is 1.01. The molecule has 1 aromatic rings. The van der Waals surface area contributed by atoms with Crippen molar-refractivity contribution in [1.82, 2.24) is 4.98 Å². The van der Waals surface area contributed by atoms with E-state index in [4.69, 9.17) is 0 Å². The van der Waals surface area contributed by atoms with E-state index in [1.807, 2.05) is 39.8 Å². The quantitative estimate of drug-likeness (QED) is 0.781. The highest BCUT2D eigenvalue weighted by Crippen LogP contribution is 2.12. The van der Waals surface area contributed by atoms with Crippen molar-refractivity contribution in [2.45, 2.75) is 27.7 Å². The van der Waals surface area contributed by atoms with Crippen LogP contribution in [0.2, 0.25) is 0 Å². The first-order valence-electron chi connectivity index (χ1n) is 4.76. The number of hydrogen-bond donors (Lipinski definition) is 1. The van der Waals surface area contributed by atoms with Gasteiger partial charge < -0.3 is 5.32 Å². The van der Waals surface area contributed by atoms with Gasteiger partial charge in [0.15, 0.2) is 0 Å². The van der Waals surface area contributed by atoms with Gasteiger partial charge in [-0.3, -0.25) is 4.79 Å².